The Hall–Kier alpha value is -1.76. The van der Waals surface area contributed by atoms with Crippen molar-refractivity contribution in [1.29, 1.82) is 0 Å². The van der Waals surface area contributed by atoms with Gasteiger partial charge in [0.05, 0.1) is 10.2 Å². The molecule has 0 fully saturated rings. The Morgan fingerprint density at radius 2 is 1.91 bits per heavy atom. The Balaban J connectivity index is 2.43. The van der Waals surface area contributed by atoms with E-state index in [4.69, 9.17) is 16.7 Å². The number of hydrogen-bond acceptors (Lipinski definition) is 4. The number of ketones is 1. The van der Waals surface area contributed by atoms with Crippen LogP contribution in [0.15, 0.2) is 34.2 Å². The molecule has 0 saturated heterocycles. The van der Waals surface area contributed by atoms with Crippen LogP contribution in [0.3, 0.4) is 0 Å². The van der Waals surface area contributed by atoms with Gasteiger partial charge in [0, 0.05) is 16.1 Å². The highest BCUT2D eigenvalue weighted by Crippen LogP contribution is 2.39. The van der Waals surface area contributed by atoms with E-state index in [9.17, 15) is 9.59 Å². The molecule has 116 valence electrons. The van der Waals surface area contributed by atoms with Crippen molar-refractivity contribution in [2.45, 2.75) is 6.92 Å². The van der Waals surface area contributed by atoms with Crippen LogP contribution in [0, 0.1) is 6.92 Å². The number of benzene rings is 2. The van der Waals surface area contributed by atoms with Crippen LogP contribution in [-0.2, 0) is 4.79 Å². The maximum Gasteiger partial charge on any atom is 0.377 e. The molecule has 0 spiro atoms. The third kappa shape index (κ3) is 2.89. The first kappa shape index (κ1) is 16.1. The van der Waals surface area contributed by atoms with Gasteiger partial charge in [-0.05, 0) is 52.2 Å². The summed E-state index contributed by atoms with van der Waals surface area (Å²) in [5, 5.41) is 9.72. The van der Waals surface area contributed by atoms with Crippen LogP contribution in [0.25, 0.3) is 21.3 Å². The fraction of sp³-hybridized carbons (Fsp3) is 0.0625. The molecule has 2 aromatic carbocycles. The lowest BCUT2D eigenvalue weighted by atomic mass is 9.92. The summed E-state index contributed by atoms with van der Waals surface area (Å²) in [4.78, 5) is 27.8. The zero-order valence-corrected chi connectivity index (χ0v) is 14.9. The molecule has 0 saturated carbocycles. The fourth-order valence-corrected chi connectivity index (χ4v) is 4.11. The lowest BCUT2D eigenvalue weighted by Gasteiger charge is -2.12. The molecule has 0 aliphatic heterocycles. The Morgan fingerprint density at radius 1 is 1.26 bits per heavy atom. The van der Waals surface area contributed by atoms with Crippen LogP contribution in [0.4, 0.5) is 0 Å². The molecular weight excluding hydrogens is 402 g/mol. The number of nitrogens with zero attached hydrogens (tertiary/aromatic N) is 1. The molecule has 0 radical (unpaired) electrons. The lowest BCUT2D eigenvalue weighted by Crippen LogP contribution is -2.15. The van der Waals surface area contributed by atoms with Crippen LogP contribution in [0.2, 0.25) is 5.02 Å². The number of carbonyl (C=O) groups is 2. The standard InChI is InChI=1S/C16H9BrClNO3S/c1-7-6-10-14(23-16(17)19-10)12(11(7)13(20)15(21)22)8-2-4-9(18)5-3-8/h2-6H,1H3,(H,21,22). The van der Waals surface area contributed by atoms with Crippen molar-refractivity contribution in [2.24, 2.45) is 0 Å². The van der Waals surface area contributed by atoms with Gasteiger partial charge >= 0.3 is 5.97 Å². The molecule has 1 aromatic heterocycles. The number of aliphatic carboxylic acids is 1. The van der Waals surface area contributed by atoms with Crippen LogP contribution < -0.4 is 0 Å². The molecule has 0 atom stereocenters. The van der Waals surface area contributed by atoms with Crippen LogP contribution in [0.5, 0.6) is 0 Å². The number of Topliss-reactive ketones (excluding diaryl/α,β-unsaturated/α-hetero) is 1. The number of carbonyl (C=O) groups excluding carboxylic acids is 1. The highest BCUT2D eigenvalue weighted by molar-refractivity contribution is 9.11. The molecule has 1 N–H and O–H groups in total. The Morgan fingerprint density at radius 3 is 2.52 bits per heavy atom. The number of thiazole rings is 1. The quantitative estimate of drug-likeness (QED) is 0.490. The second-order valence-electron chi connectivity index (χ2n) is 4.90. The average molecular weight is 411 g/mol. The monoisotopic (exact) mass is 409 g/mol. The van der Waals surface area contributed by atoms with E-state index in [1.165, 1.54) is 11.3 Å². The minimum Gasteiger partial charge on any atom is -0.475 e. The third-order valence-corrected chi connectivity index (χ3v) is 5.20. The van der Waals surface area contributed by atoms with Gasteiger partial charge in [-0.25, -0.2) is 9.78 Å². The summed E-state index contributed by atoms with van der Waals surface area (Å²) in [6.07, 6.45) is 0. The molecule has 1 heterocycles. The smallest absolute Gasteiger partial charge is 0.377 e. The summed E-state index contributed by atoms with van der Waals surface area (Å²) in [5.74, 6) is -2.41. The van der Waals surface area contributed by atoms with Gasteiger partial charge in [0.2, 0.25) is 0 Å². The van der Waals surface area contributed by atoms with Crippen LogP contribution in [0.1, 0.15) is 15.9 Å². The predicted molar refractivity (Wildman–Crippen MR) is 94.5 cm³/mol. The Kier molecular flexibility index (Phi) is 4.23. The van der Waals surface area contributed by atoms with Crippen molar-refractivity contribution >= 4 is 60.8 Å². The molecule has 0 amide bonds. The summed E-state index contributed by atoms with van der Waals surface area (Å²) < 4.78 is 1.43. The van der Waals surface area contributed by atoms with Gasteiger partial charge in [-0.15, -0.1) is 11.3 Å². The molecule has 0 aliphatic carbocycles. The number of halogens is 2. The molecule has 0 unspecified atom stereocenters. The van der Waals surface area contributed by atoms with E-state index in [-0.39, 0.29) is 5.56 Å². The van der Waals surface area contributed by atoms with E-state index in [1.807, 2.05) is 0 Å². The second-order valence-corrected chi connectivity index (χ2v) is 7.61. The maximum atomic E-state index is 12.2. The molecular formula is C16H9BrClNO3S. The summed E-state index contributed by atoms with van der Waals surface area (Å²) in [6.45, 7) is 1.71. The molecule has 4 nitrogen and oxygen atoms in total. The number of aromatic nitrogens is 1. The van der Waals surface area contributed by atoms with Crippen molar-refractivity contribution in [1.82, 2.24) is 4.98 Å². The minimum atomic E-state index is -1.48. The summed E-state index contributed by atoms with van der Waals surface area (Å²) in [7, 11) is 0. The fourth-order valence-electron chi connectivity index (χ4n) is 2.46. The first-order valence-electron chi connectivity index (χ1n) is 6.51. The van der Waals surface area contributed by atoms with Crippen molar-refractivity contribution in [3.05, 3.63) is 50.4 Å². The number of rotatable bonds is 3. The van der Waals surface area contributed by atoms with Gasteiger partial charge in [-0.2, -0.15) is 0 Å². The summed E-state index contributed by atoms with van der Waals surface area (Å²) >= 11 is 10.6. The van der Waals surface area contributed by atoms with Crippen molar-refractivity contribution in [3.8, 4) is 11.1 Å². The van der Waals surface area contributed by atoms with Gasteiger partial charge in [0.25, 0.3) is 5.78 Å². The zero-order valence-electron chi connectivity index (χ0n) is 11.8. The van der Waals surface area contributed by atoms with E-state index in [1.54, 1.807) is 37.3 Å². The van der Waals surface area contributed by atoms with Gasteiger partial charge in [0.15, 0.2) is 3.92 Å². The highest BCUT2D eigenvalue weighted by atomic mass is 79.9. The third-order valence-electron chi connectivity index (χ3n) is 3.41. The highest BCUT2D eigenvalue weighted by Gasteiger charge is 2.25. The van der Waals surface area contributed by atoms with E-state index < -0.39 is 11.8 Å². The zero-order chi connectivity index (χ0) is 16.7. The maximum absolute atomic E-state index is 12.2. The topological polar surface area (TPSA) is 67.3 Å². The number of carboxylic acids is 1. The molecule has 0 aliphatic rings. The molecule has 23 heavy (non-hydrogen) atoms. The van der Waals surface area contributed by atoms with Crippen molar-refractivity contribution in [3.63, 3.8) is 0 Å². The number of hydrogen-bond donors (Lipinski definition) is 1. The molecule has 7 heteroatoms. The Bertz CT molecular complexity index is 950. The van der Waals surface area contributed by atoms with E-state index in [0.29, 0.717) is 25.6 Å². The molecule has 0 bridgehead atoms. The minimum absolute atomic E-state index is 0.184. The van der Waals surface area contributed by atoms with Gasteiger partial charge in [0.1, 0.15) is 0 Å². The van der Waals surface area contributed by atoms with Gasteiger partial charge in [-0.3, -0.25) is 4.79 Å². The van der Waals surface area contributed by atoms with Crippen molar-refractivity contribution < 1.29 is 14.7 Å². The van der Waals surface area contributed by atoms with E-state index in [2.05, 4.69) is 20.9 Å². The van der Waals surface area contributed by atoms with Crippen LogP contribution in [-0.4, -0.2) is 21.8 Å². The number of carboxylic acid groups (broad SMARTS) is 1. The largest absolute Gasteiger partial charge is 0.475 e. The predicted octanol–water partition coefficient (Wildman–Crippen LogP) is 4.95. The average Bonchev–Trinajstić information content (AvgIpc) is 2.85. The first-order valence-corrected chi connectivity index (χ1v) is 8.50. The SMILES string of the molecule is Cc1cc2nc(Br)sc2c(-c2ccc(Cl)cc2)c1C(=O)C(=O)O. The summed E-state index contributed by atoms with van der Waals surface area (Å²) in [5.41, 5.74) is 2.78. The van der Waals surface area contributed by atoms with E-state index >= 15 is 0 Å². The number of fused-ring (bicyclic) bond motifs is 1. The van der Waals surface area contributed by atoms with E-state index in [0.717, 1.165) is 10.3 Å². The number of aryl methyl sites for hydroxylation is 1. The molecule has 3 rings (SSSR count). The Labute approximate surface area is 148 Å². The van der Waals surface area contributed by atoms with Gasteiger partial charge in [-0.1, -0.05) is 23.7 Å². The van der Waals surface area contributed by atoms with Crippen molar-refractivity contribution in [2.75, 3.05) is 0 Å². The molecule has 3 aromatic rings. The summed E-state index contributed by atoms with van der Waals surface area (Å²) in [6, 6.07) is 8.67. The second kappa shape index (κ2) is 6.03. The van der Waals surface area contributed by atoms with Gasteiger partial charge < -0.3 is 5.11 Å². The first-order chi connectivity index (χ1) is 10.9. The van der Waals surface area contributed by atoms with Crippen LogP contribution >= 0.6 is 38.9 Å². The lowest BCUT2D eigenvalue weighted by molar-refractivity contribution is -0.131. The normalized spacial score (nSPS) is 10.9.